The summed E-state index contributed by atoms with van der Waals surface area (Å²) in [5.41, 5.74) is 2.68. The quantitative estimate of drug-likeness (QED) is 0.577. The SMILES string of the molecule is CNCCCN(C)c1cccc(-c2cccc(C=CC(=O)O)c2)n1. The van der Waals surface area contributed by atoms with Crippen molar-refractivity contribution in [2.45, 2.75) is 6.42 Å². The molecule has 2 rings (SSSR count). The first kappa shape index (κ1) is 17.7. The largest absolute Gasteiger partial charge is 0.478 e. The van der Waals surface area contributed by atoms with Crippen LogP contribution in [-0.4, -0.2) is 43.2 Å². The number of carbonyl (C=O) groups is 1. The van der Waals surface area contributed by atoms with Gasteiger partial charge in [-0.15, -0.1) is 0 Å². The van der Waals surface area contributed by atoms with Crippen LogP contribution in [0.1, 0.15) is 12.0 Å². The topological polar surface area (TPSA) is 65.5 Å². The Bertz CT molecular complexity index is 713. The highest BCUT2D eigenvalue weighted by atomic mass is 16.4. The highest BCUT2D eigenvalue weighted by Crippen LogP contribution is 2.22. The highest BCUT2D eigenvalue weighted by molar-refractivity contribution is 5.85. The molecule has 0 bridgehead atoms. The Hall–Kier alpha value is -2.66. The molecule has 5 nitrogen and oxygen atoms in total. The van der Waals surface area contributed by atoms with Gasteiger partial charge in [0.25, 0.3) is 0 Å². The fourth-order valence-corrected chi connectivity index (χ4v) is 2.37. The van der Waals surface area contributed by atoms with Crippen LogP contribution in [0.3, 0.4) is 0 Å². The Morgan fingerprint density at radius 2 is 2.08 bits per heavy atom. The van der Waals surface area contributed by atoms with Crippen LogP contribution in [-0.2, 0) is 4.79 Å². The zero-order valence-electron chi connectivity index (χ0n) is 14.1. The van der Waals surface area contributed by atoms with Crippen molar-refractivity contribution in [3.63, 3.8) is 0 Å². The van der Waals surface area contributed by atoms with Crippen LogP contribution >= 0.6 is 0 Å². The van der Waals surface area contributed by atoms with Crippen molar-refractivity contribution in [1.29, 1.82) is 0 Å². The summed E-state index contributed by atoms with van der Waals surface area (Å²) in [6, 6.07) is 13.6. The van der Waals surface area contributed by atoms with Gasteiger partial charge in [-0.05, 0) is 49.9 Å². The molecule has 0 aliphatic carbocycles. The standard InChI is InChI=1S/C19H23N3O2/c1-20-12-5-13-22(2)18-9-4-8-17(21-18)16-7-3-6-15(14-16)10-11-19(23)24/h3-4,6-11,14,20H,5,12-13H2,1-2H3,(H,23,24). The third kappa shape index (κ3) is 5.21. The van der Waals surface area contributed by atoms with Gasteiger partial charge < -0.3 is 15.3 Å². The van der Waals surface area contributed by atoms with E-state index in [9.17, 15) is 4.79 Å². The molecule has 0 spiro atoms. The third-order valence-electron chi connectivity index (χ3n) is 3.65. The molecular formula is C19H23N3O2. The summed E-state index contributed by atoms with van der Waals surface area (Å²) in [6.45, 7) is 1.90. The van der Waals surface area contributed by atoms with Gasteiger partial charge in [0.1, 0.15) is 5.82 Å². The Morgan fingerprint density at radius 3 is 2.83 bits per heavy atom. The fraction of sp³-hybridized carbons (Fsp3) is 0.263. The molecule has 2 N–H and O–H groups in total. The summed E-state index contributed by atoms with van der Waals surface area (Å²) in [5, 5.41) is 11.9. The van der Waals surface area contributed by atoms with Crippen LogP contribution < -0.4 is 10.2 Å². The number of nitrogens with one attached hydrogen (secondary N) is 1. The molecule has 0 atom stereocenters. The Balaban J connectivity index is 2.19. The minimum Gasteiger partial charge on any atom is -0.478 e. The second-order valence-electron chi connectivity index (χ2n) is 5.56. The van der Waals surface area contributed by atoms with Crippen molar-refractivity contribution >= 4 is 17.9 Å². The lowest BCUT2D eigenvalue weighted by atomic mass is 10.1. The molecule has 0 unspecified atom stereocenters. The maximum atomic E-state index is 10.6. The summed E-state index contributed by atoms with van der Waals surface area (Å²) in [6.07, 6.45) is 3.77. The molecule has 1 heterocycles. The highest BCUT2D eigenvalue weighted by Gasteiger charge is 2.05. The van der Waals surface area contributed by atoms with Gasteiger partial charge >= 0.3 is 5.97 Å². The number of rotatable bonds is 8. The number of carboxylic acid groups (broad SMARTS) is 1. The number of aromatic nitrogens is 1. The van der Waals surface area contributed by atoms with Gasteiger partial charge in [-0.1, -0.05) is 24.3 Å². The molecule has 126 valence electrons. The first-order valence-corrected chi connectivity index (χ1v) is 7.94. The van der Waals surface area contributed by atoms with E-state index in [1.807, 2.05) is 56.6 Å². The molecule has 0 saturated carbocycles. The van der Waals surface area contributed by atoms with Gasteiger partial charge in [0, 0.05) is 25.2 Å². The summed E-state index contributed by atoms with van der Waals surface area (Å²) in [5.74, 6) is -0.0289. The minimum absolute atomic E-state index is 0.837. The molecule has 0 radical (unpaired) electrons. The third-order valence-corrected chi connectivity index (χ3v) is 3.65. The van der Waals surface area contributed by atoms with Crippen LogP contribution in [0.2, 0.25) is 0 Å². The van der Waals surface area contributed by atoms with Crippen LogP contribution in [0.15, 0.2) is 48.5 Å². The molecule has 0 amide bonds. The normalized spacial score (nSPS) is 10.9. The monoisotopic (exact) mass is 325 g/mol. The van der Waals surface area contributed by atoms with Crippen LogP contribution in [0.4, 0.5) is 5.82 Å². The van der Waals surface area contributed by atoms with Gasteiger partial charge in [-0.3, -0.25) is 0 Å². The molecule has 0 fully saturated rings. The fourth-order valence-electron chi connectivity index (χ4n) is 2.37. The number of benzene rings is 1. The lowest BCUT2D eigenvalue weighted by molar-refractivity contribution is -0.131. The first-order valence-electron chi connectivity index (χ1n) is 7.94. The van der Waals surface area contributed by atoms with Crippen LogP contribution in [0.5, 0.6) is 0 Å². The van der Waals surface area contributed by atoms with Crippen molar-refractivity contribution in [3.05, 3.63) is 54.1 Å². The molecule has 0 aliphatic rings. The Morgan fingerprint density at radius 1 is 1.29 bits per heavy atom. The summed E-state index contributed by atoms with van der Waals surface area (Å²) in [7, 11) is 3.98. The second kappa shape index (κ2) is 8.84. The summed E-state index contributed by atoms with van der Waals surface area (Å²) < 4.78 is 0. The van der Waals surface area contributed by atoms with Crippen LogP contribution in [0, 0.1) is 0 Å². The lowest BCUT2D eigenvalue weighted by Gasteiger charge is -2.18. The number of pyridine rings is 1. The van der Waals surface area contributed by atoms with E-state index in [2.05, 4.69) is 10.2 Å². The van der Waals surface area contributed by atoms with Gasteiger partial charge in [0.05, 0.1) is 5.69 Å². The van der Waals surface area contributed by atoms with Crippen LogP contribution in [0.25, 0.3) is 17.3 Å². The molecule has 0 aliphatic heterocycles. The van der Waals surface area contributed by atoms with E-state index in [4.69, 9.17) is 10.1 Å². The van der Waals surface area contributed by atoms with Gasteiger partial charge in [-0.2, -0.15) is 0 Å². The molecule has 24 heavy (non-hydrogen) atoms. The Labute approximate surface area is 142 Å². The molecule has 1 aromatic carbocycles. The van der Waals surface area contributed by atoms with E-state index in [1.54, 1.807) is 6.08 Å². The summed E-state index contributed by atoms with van der Waals surface area (Å²) >= 11 is 0. The average Bonchev–Trinajstić information content (AvgIpc) is 2.60. The maximum Gasteiger partial charge on any atom is 0.328 e. The average molecular weight is 325 g/mol. The number of carboxylic acids is 1. The van der Waals surface area contributed by atoms with Crippen molar-refractivity contribution in [2.24, 2.45) is 0 Å². The summed E-state index contributed by atoms with van der Waals surface area (Å²) in [4.78, 5) is 17.5. The second-order valence-corrected chi connectivity index (χ2v) is 5.56. The lowest BCUT2D eigenvalue weighted by Crippen LogP contribution is -2.23. The predicted octanol–water partition coefficient (Wildman–Crippen LogP) is 2.89. The maximum absolute atomic E-state index is 10.6. The number of nitrogens with zero attached hydrogens (tertiary/aromatic N) is 2. The van der Waals surface area contributed by atoms with E-state index in [0.29, 0.717) is 0 Å². The number of hydrogen-bond acceptors (Lipinski definition) is 4. The van der Waals surface area contributed by atoms with Gasteiger partial charge in [0.2, 0.25) is 0 Å². The van der Waals surface area contributed by atoms with E-state index < -0.39 is 5.97 Å². The van der Waals surface area contributed by atoms with Gasteiger partial charge in [0.15, 0.2) is 0 Å². The zero-order valence-corrected chi connectivity index (χ0v) is 14.1. The predicted molar refractivity (Wildman–Crippen MR) is 98.2 cm³/mol. The zero-order chi connectivity index (χ0) is 17.4. The van der Waals surface area contributed by atoms with E-state index in [0.717, 1.165) is 48.2 Å². The van der Waals surface area contributed by atoms with Crippen molar-refractivity contribution < 1.29 is 9.90 Å². The van der Waals surface area contributed by atoms with E-state index >= 15 is 0 Å². The number of hydrogen-bond donors (Lipinski definition) is 2. The van der Waals surface area contributed by atoms with Crippen molar-refractivity contribution in [2.75, 3.05) is 32.1 Å². The van der Waals surface area contributed by atoms with E-state index in [-0.39, 0.29) is 0 Å². The molecular weight excluding hydrogens is 302 g/mol. The number of aliphatic carboxylic acids is 1. The first-order chi connectivity index (χ1) is 11.6. The molecule has 1 aromatic heterocycles. The molecule has 5 heteroatoms. The Kier molecular flexibility index (Phi) is 6.51. The minimum atomic E-state index is -0.955. The molecule has 2 aromatic rings. The van der Waals surface area contributed by atoms with Gasteiger partial charge in [-0.25, -0.2) is 9.78 Å². The van der Waals surface area contributed by atoms with Crippen molar-refractivity contribution in [1.82, 2.24) is 10.3 Å². The van der Waals surface area contributed by atoms with E-state index in [1.165, 1.54) is 0 Å². The smallest absolute Gasteiger partial charge is 0.328 e. The molecule has 0 saturated heterocycles. The van der Waals surface area contributed by atoms with Crippen molar-refractivity contribution in [3.8, 4) is 11.3 Å². The number of anilines is 1.